The largest absolute Gasteiger partial charge is 0.392 e. The summed E-state index contributed by atoms with van der Waals surface area (Å²) in [6, 6.07) is 1.47. The number of benzene rings is 1. The van der Waals surface area contributed by atoms with Crippen LogP contribution in [-0.2, 0) is 10.0 Å². The molecule has 0 spiro atoms. The van der Waals surface area contributed by atoms with Gasteiger partial charge in [-0.25, -0.2) is 13.1 Å². The molecule has 1 aromatic rings. The Morgan fingerprint density at radius 1 is 1.35 bits per heavy atom. The molecule has 0 aliphatic heterocycles. The van der Waals surface area contributed by atoms with Gasteiger partial charge in [0.05, 0.1) is 15.9 Å². The highest BCUT2D eigenvalue weighted by Crippen LogP contribution is 2.31. The van der Waals surface area contributed by atoms with Crippen molar-refractivity contribution in [3.8, 4) is 0 Å². The summed E-state index contributed by atoms with van der Waals surface area (Å²) in [7, 11) is -3.90. The van der Waals surface area contributed by atoms with Crippen LogP contribution >= 0.6 is 0 Å². The zero-order valence-electron chi connectivity index (χ0n) is 11.8. The zero-order chi connectivity index (χ0) is 15.7. The number of rotatable bonds is 5. The summed E-state index contributed by atoms with van der Waals surface area (Å²) in [4.78, 5) is 10.4. The van der Waals surface area contributed by atoms with E-state index in [9.17, 15) is 18.5 Å². The smallest absolute Gasteiger partial charge is 0.276 e. The zero-order valence-corrected chi connectivity index (χ0v) is 12.6. The van der Waals surface area contributed by atoms with Gasteiger partial charge in [0, 0.05) is 17.7 Å². The van der Waals surface area contributed by atoms with E-state index in [1.165, 1.54) is 19.9 Å². The molecule has 20 heavy (non-hydrogen) atoms. The minimum Gasteiger partial charge on any atom is -0.392 e. The Morgan fingerprint density at radius 2 is 1.90 bits per heavy atom. The number of nitrogens with zero attached hydrogens (tertiary/aromatic N) is 1. The summed E-state index contributed by atoms with van der Waals surface area (Å²) in [5, 5.41) is 20.2. The monoisotopic (exact) mass is 302 g/mol. The van der Waals surface area contributed by atoms with Crippen LogP contribution in [-0.4, -0.2) is 31.1 Å². The summed E-state index contributed by atoms with van der Waals surface area (Å²) in [6.07, 6.45) is -0.842. The fourth-order valence-corrected chi connectivity index (χ4v) is 3.74. The molecule has 2 N–H and O–H groups in total. The molecule has 0 heterocycles. The van der Waals surface area contributed by atoms with E-state index in [1.54, 1.807) is 13.8 Å². The van der Waals surface area contributed by atoms with E-state index in [4.69, 9.17) is 5.11 Å². The standard InChI is InChI=1S/C12H18N2O5S/c1-7-5-8(2)12(10(4)11(7)14(16)17)20(18,19)13-6-9(3)15/h5,9,13,15H,6H2,1-4H3. The van der Waals surface area contributed by atoms with E-state index in [0.29, 0.717) is 11.1 Å². The van der Waals surface area contributed by atoms with Gasteiger partial charge in [-0.15, -0.1) is 0 Å². The number of hydrogen-bond acceptors (Lipinski definition) is 5. The molecule has 0 aliphatic rings. The number of nitrogens with one attached hydrogen (secondary N) is 1. The van der Waals surface area contributed by atoms with Gasteiger partial charge in [-0.1, -0.05) is 0 Å². The molecule has 0 amide bonds. The highest BCUT2D eigenvalue weighted by Gasteiger charge is 2.27. The minimum atomic E-state index is -3.90. The molecule has 0 aliphatic carbocycles. The molecule has 0 aromatic heterocycles. The van der Waals surface area contributed by atoms with E-state index >= 15 is 0 Å². The molecular formula is C12H18N2O5S. The Hall–Kier alpha value is -1.51. The number of aliphatic hydroxyl groups is 1. The molecule has 112 valence electrons. The van der Waals surface area contributed by atoms with Crippen LogP contribution in [0, 0.1) is 30.9 Å². The van der Waals surface area contributed by atoms with E-state index < -0.39 is 21.1 Å². The number of sulfonamides is 1. The van der Waals surface area contributed by atoms with E-state index in [-0.39, 0.29) is 22.7 Å². The first-order valence-electron chi connectivity index (χ1n) is 6.01. The van der Waals surface area contributed by atoms with Crippen LogP contribution in [0.4, 0.5) is 5.69 Å². The van der Waals surface area contributed by atoms with Gasteiger partial charge >= 0.3 is 0 Å². The van der Waals surface area contributed by atoms with Gasteiger partial charge in [0.25, 0.3) is 5.69 Å². The summed E-state index contributed by atoms with van der Waals surface area (Å²) in [6.45, 7) is 5.86. The summed E-state index contributed by atoms with van der Waals surface area (Å²) >= 11 is 0. The fourth-order valence-electron chi connectivity index (χ4n) is 2.15. The average molecular weight is 302 g/mol. The number of nitro benzene ring substituents is 1. The second kappa shape index (κ2) is 5.86. The Kier molecular flexibility index (Phi) is 4.85. The van der Waals surface area contributed by atoms with E-state index in [1.807, 2.05) is 0 Å². The quantitative estimate of drug-likeness (QED) is 0.627. The molecule has 0 radical (unpaired) electrons. The fraction of sp³-hybridized carbons (Fsp3) is 0.500. The normalized spacial score (nSPS) is 13.2. The average Bonchev–Trinajstić information content (AvgIpc) is 2.24. The Balaban J connectivity index is 3.46. The lowest BCUT2D eigenvalue weighted by atomic mass is 10.1. The van der Waals surface area contributed by atoms with Crippen LogP contribution in [0.25, 0.3) is 0 Å². The third kappa shape index (κ3) is 3.33. The van der Waals surface area contributed by atoms with Crippen molar-refractivity contribution in [1.82, 2.24) is 4.72 Å². The predicted octanol–water partition coefficient (Wildman–Crippen LogP) is 1.18. The van der Waals surface area contributed by atoms with Gasteiger partial charge in [-0.3, -0.25) is 10.1 Å². The molecule has 0 fully saturated rings. The van der Waals surface area contributed by atoms with Crippen LogP contribution in [0.5, 0.6) is 0 Å². The molecular weight excluding hydrogens is 284 g/mol. The lowest BCUT2D eigenvalue weighted by Crippen LogP contribution is -2.31. The molecule has 1 rings (SSSR count). The van der Waals surface area contributed by atoms with Crippen molar-refractivity contribution in [3.05, 3.63) is 32.9 Å². The second-order valence-electron chi connectivity index (χ2n) is 4.77. The Labute approximate surface area is 117 Å². The minimum absolute atomic E-state index is 0.101. The molecule has 1 unspecified atom stereocenters. The van der Waals surface area contributed by atoms with Crippen LogP contribution in [0.1, 0.15) is 23.6 Å². The number of aryl methyl sites for hydroxylation is 2. The molecule has 0 saturated heterocycles. The SMILES string of the molecule is Cc1cc(C)c(S(=O)(=O)NCC(C)O)c(C)c1[N+](=O)[O-]. The first kappa shape index (κ1) is 16.5. The van der Waals surface area contributed by atoms with Crippen molar-refractivity contribution in [2.24, 2.45) is 0 Å². The van der Waals surface area contributed by atoms with Gasteiger partial charge in [0.15, 0.2) is 0 Å². The van der Waals surface area contributed by atoms with Crippen LogP contribution in [0.2, 0.25) is 0 Å². The Morgan fingerprint density at radius 3 is 2.35 bits per heavy atom. The van der Waals surface area contributed by atoms with Crippen molar-refractivity contribution in [2.45, 2.75) is 38.7 Å². The van der Waals surface area contributed by atoms with E-state index in [0.717, 1.165) is 0 Å². The maximum Gasteiger partial charge on any atom is 0.276 e. The van der Waals surface area contributed by atoms with Crippen molar-refractivity contribution >= 4 is 15.7 Å². The third-order valence-corrected chi connectivity index (χ3v) is 4.59. The predicted molar refractivity (Wildman–Crippen MR) is 74.2 cm³/mol. The molecule has 0 bridgehead atoms. The van der Waals surface area contributed by atoms with Crippen molar-refractivity contribution in [2.75, 3.05) is 6.54 Å². The van der Waals surface area contributed by atoms with Gasteiger partial charge in [0.2, 0.25) is 10.0 Å². The summed E-state index contributed by atoms with van der Waals surface area (Å²) in [5.74, 6) is 0. The maximum atomic E-state index is 12.2. The summed E-state index contributed by atoms with van der Waals surface area (Å²) < 4.78 is 26.7. The molecule has 8 heteroatoms. The third-order valence-electron chi connectivity index (χ3n) is 2.88. The molecule has 1 aromatic carbocycles. The van der Waals surface area contributed by atoms with Gasteiger partial charge in [0.1, 0.15) is 0 Å². The Bertz CT molecular complexity index is 638. The van der Waals surface area contributed by atoms with Crippen molar-refractivity contribution in [1.29, 1.82) is 0 Å². The van der Waals surface area contributed by atoms with Gasteiger partial charge < -0.3 is 5.11 Å². The molecule has 0 saturated carbocycles. The van der Waals surface area contributed by atoms with Crippen LogP contribution < -0.4 is 4.72 Å². The topological polar surface area (TPSA) is 110 Å². The van der Waals surface area contributed by atoms with Gasteiger partial charge in [-0.05, 0) is 39.3 Å². The number of nitro groups is 1. The highest BCUT2D eigenvalue weighted by molar-refractivity contribution is 7.89. The van der Waals surface area contributed by atoms with Crippen LogP contribution in [0.3, 0.4) is 0 Å². The van der Waals surface area contributed by atoms with Crippen molar-refractivity contribution in [3.63, 3.8) is 0 Å². The first-order valence-corrected chi connectivity index (χ1v) is 7.49. The lowest BCUT2D eigenvalue weighted by molar-refractivity contribution is -0.386. The maximum absolute atomic E-state index is 12.2. The second-order valence-corrected chi connectivity index (χ2v) is 6.47. The number of hydrogen-bond donors (Lipinski definition) is 2. The van der Waals surface area contributed by atoms with Crippen molar-refractivity contribution < 1.29 is 18.4 Å². The van der Waals surface area contributed by atoms with Crippen LogP contribution in [0.15, 0.2) is 11.0 Å². The first-order chi connectivity index (χ1) is 9.08. The number of aliphatic hydroxyl groups excluding tert-OH is 1. The van der Waals surface area contributed by atoms with Gasteiger partial charge in [-0.2, -0.15) is 0 Å². The highest BCUT2D eigenvalue weighted by atomic mass is 32.2. The molecule has 7 nitrogen and oxygen atoms in total. The lowest BCUT2D eigenvalue weighted by Gasteiger charge is -2.14. The molecule has 1 atom stereocenters. The summed E-state index contributed by atoms with van der Waals surface area (Å²) in [5.41, 5.74) is 0.752. The van der Waals surface area contributed by atoms with E-state index in [2.05, 4.69) is 4.72 Å².